The summed E-state index contributed by atoms with van der Waals surface area (Å²) < 4.78 is 27.7. The first-order chi connectivity index (χ1) is 5.68. The Morgan fingerprint density at radius 2 is 2.42 bits per heavy atom. The summed E-state index contributed by atoms with van der Waals surface area (Å²) in [6, 6.07) is 1.05. The minimum atomic E-state index is -2.55. The van der Waals surface area contributed by atoms with Crippen molar-refractivity contribution in [2.75, 3.05) is 6.61 Å². The Labute approximate surface area is 66.2 Å². The average Bonchev–Trinajstić information content (AvgIpc) is 2.01. The van der Waals surface area contributed by atoms with E-state index in [2.05, 4.69) is 14.9 Å². The number of halogens is 2. The Hall–Kier alpha value is -1.46. The quantitative estimate of drug-likeness (QED) is 0.725. The summed E-state index contributed by atoms with van der Waals surface area (Å²) in [6.45, 7) is -0.731. The molecule has 1 heterocycles. The van der Waals surface area contributed by atoms with Crippen molar-refractivity contribution in [3.63, 3.8) is 0 Å². The Morgan fingerprint density at radius 3 is 3.00 bits per heavy atom. The van der Waals surface area contributed by atoms with Gasteiger partial charge in [0.15, 0.2) is 0 Å². The monoisotopic (exact) mass is 176 g/mol. The summed E-state index contributed by atoms with van der Waals surface area (Å²) >= 11 is 0. The van der Waals surface area contributed by atoms with E-state index in [1.54, 1.807) is 0 Å². The van der Waals surface area contributed by atoms with Gasteiger partial charge < -0.3 is 4.74 Å². The van der Waals surface area contributed by atoms with Gasteiger partial charge in [-0.25, -0.2) is 13.9 Å². The van der Waals surface area contributed by atoms with Crippen LogP contribution in [0, 0.1) is 0 Å². The normalized spacial score (nSPS) is 10.2. The number of rotatable bonds is 3. The first-order valence-corrected chi connectivity index (χ1v) is 3.14. The highest BCUT2D eigenvalue weighted by Crippen LogP contribution is 2.04. The van der Waals surface area contributed by atoms with Crippen molar-refractivity contribution in [2.45, 2.75) is 6.43 Å². The molecule has 0 unspecified atom stereocenters. The van der Waals surface area contributed by atoms with Crippen molar-refractivity contribution < 1.29 is 13.5 Å². The Bertz CT molecular complexity index is 300. The van der Waals surface area contributed by atoms with Crippen molar-refractivity contribution in [3.05, 3.63) is 22.6 Å². The van der Waals surface area contributed by atoms with Crippen molar-refractivity contribution in [1.82, 2.24) is 10.2 Å². The van der Waals surface area contributed by atoms with Crippen LogP contribution in [-0.2, 0) is 0 Å². The number of nitrogens with one attached hydrogen (secondary N) is 1. The number of alkyl halides is 2. The van der Waals surface area contributed by atoms with Crippen LogP contribution < -0.4 is 10.3 Å². The fourth-order valence-electron chi connectivity index (χ4n) is 0.596. The van der Waals surface area contributed by atoms with E-state index in [4.69, 9.17) is 0 Å². The number of aromatic nitrogens is 2. The molecule has 1 rings (SSSR count). The Balaban J connectivity index is 2.58. The summed E-state index contributed by atoms with van der Waals surface area (Å²) in [6.07, 6.45) is -1.40. The minimum Gasteiger partial charge on any atom is -0.486 e. The molecule has 0 radical (unpaired) electrons. The van der Waals surface area contributed by atoms with Crippen LogP contribution in [-0.4, -0.2) is 23.2 Å². The second kappa shape index (κ2) is 3.80. The number of hydrogen-bond acceptors (Lipinski definition) is 3. The molecule has 0 amide bonds. The lowest BCUT2D eigenvalue weighted by molar-refractivity contribution is 0.0816. The highest BCUT2D eigenvalue weighted by Gasteiger charge is 2.03. The van der Waals surface area contributed by atoms with E-state index >= 15 is 0 Å². The molecule has 0 bridgehead atoms. The summed E-state index contributed by atoms with van der Waals surface area (Å²) in [5, 5.41) is 5.44. The third kappa shape index (κ3) is 2.65. The van der Waals surface area contributed by atoms with Gasteiger partial charge in [-0.15, -0.1) is 0 Å². The van der Waals surface area contributed by atoms with Crippen LogP contribution >= 0.6 is 0 Å². The molecule has 1 aromatic heterocycles. The molecular weight excluding hydrogens is 170 g/mol. The predicted molar refractivity (Wildman–Crippen MR) is 36.4 cm³/mol. The third-order valence-electron chi connectivity index (χ3n) is 1.02. The lowest BCUT2D eigenvalue weighted by Gasteiger charge is -2.02. The Morgan fingerprint density at radius 1 is 1.67 bits per heavy atom. The lowest BCUT2D eigenvalue weighted by Crippen LogP contribution is -2.11. The van der Waals surface area contributed by atoms with Crippen molar-refractivity contribution in [1.29, 1.82) is 0 Å². The molecule has 6 heteroatoms. The smallest absolute Gasteiger partial charge is 0.272 e. The number of H-pyrrole nitrogens is 1. The molecule has 12 heavy (non-hydrogen) atoms. The van der Waals surface area contributed by atoms with Gasteiger partial charge in [0.1, 0.15) is 12.4 Å². The standard InChI is InChI=1S/C6H6F2N2O2/c7-5(8)3-12-4-1-6(11)10-9-2-4/h1-2,5H,3H2,(H,10,11). The van der Waals surface area contributed by atoms with Crippen LogP contribution in [0.25, 0.3) is 0 Å². The lowest BCUT2D eigenvalue weighted by atomic mass is 10.5. The van der Waals surface area contributed by atoms with Gasteiger partial charge >= 0.3 is 0 Å². The van der Waals surface area contributed by atoms with E-state index in [1.165, 1.54) is 0 Å². The molecule has 0 aliphatic heterocycles. The average molecular weight is 176 g/mol. The number of aromatic amines is 1. The number of hydrogen-bond donors (Lipinski definition) is 1. The molecule has 0 aliphatic carbocycles. The van der Waals surface area contributed by atoms with Gasteiger partial charge in [0.05, 0.1) is 6.20 Å². The second-order valence-electron chi connectivity index (χ2n) is 1.98. The largest absolute Gasteiger partial charge is 0.486 e. The van der Waals surface area contributed by atoms with Gasteiger partial charge in [-0.2, -0.15) is 5.10 Å². The summed E-state index contributed by atoms with van der Waals surface area (Å²) in [5.74, 6) is 0.0408. The Kier molecular flexibility index (Phi) is 2.73. The van der Waals surface area contributed by atoms with E-state index < -0.39 is 18.6 Å². The van der Waals surface area contributed by atoms with Crippen molar-refractivity contribution >= 4 is 0 Å². The molecule has 0 aliphatic rings. The molecule has 1 N–H and O–H groups in total. The number of ether oxygens (including phenoxy) is 1. The van der Waals surface area contributed by atoms with Gasteiger partial charge in [-0.05, 0) is 0 Å². The molecule has 66 valence electrons. The predicted octanol–water partition coefficient (Wildman–Crippen LogP) is 0.414. The number of nitrogens with zero attached hydrogens (tertiary/aromatic N) is 1. The van der Waals surface area contributed by atoms with E-state index in [9.17, 15) is 13.6 Å². The SMILES string of the molecule is O=c1cc(OCC(F)F)cn[nH]1. The van der Waals surface area contributed by atoms with E-state index in [0.29, 0.717) is 0 Å². The maximum absolute atomic E-state index is 11.6. The molecule has 1 aromatic rings. The summed E-state index contributed by atoms with van der Waals surface area (Å²) in [4.78, 5) is 10.5. The van der Waals surface area contributed by atoms with Crippen LogP contribution in [0.4, 0.5) is 8.78 Å². The maximum atomic E-state index is 11.6. The van der Waals surface area contributed by atoms with Crippen LogP contribution in [0.2, 0.25) is 0 Å². The van der Waals surface area contributed by atoms with Gasteiger partial charge in [-0.3, -0.25) is 4.79 Å². The van der Waals surface area contributed by atoms with Gasteiger partial charge in [0.25, 0.3) is 12.0 Å². The first kappa shape index (κ1) is 8.63. The zero-order valence-corrected chi connectivity index (χ0v) is 5.96. The maximum Gasteiger partial charge on any atom is 0.272 e. The summed E-state index contributed by atoms with van der Waals surface area (Å²) in [7, 11) is 0. The van der Waals surface area contributed by atoms with Crippen molar-refractivity contribution in [2.24, 2.45) is 0 Å². The van der Waals surface area contributed by atoms with E-state index in [-0.39, 0.29) is 5.75 Å². The van der Waals surface area contributed by atoms with Crippen LogP contribution in [0.15, 0.2) is 17.1 Å². The van der Waals surface area contributed by atoms with Gasteiger partial charge in [0.2, 0.25) is 0 Å². The molecule has 0 atom stereocenters. The van der Waals surface area contributed by atoms with E-state index in [1.807, 2.05) is 0 Å². The molecule has 0 aromatic carbocycles. The summed E-state index contributed by atoms with van der Waals surface area (Å²) in [5.41, 5.74) is -0.484. The van der Waals surface area contributed by atoms with Crippen LogP contribution in [0.5, 0.6) is 5.75 Å². The van der Waals surface area contributed by atoms with Gasteiger partial charge in [-0.1, -0.05) is 0 Å². The zero-order valence-electron chi connectivity index (χ0n) is 5.96. The van der Waals surface area contributed by atoms with Crippen molar-refractivity contribution in [3.8, 4) is 5.75 Å². The highest BCUT2D eigenvalue weighted by atomic mass is 19.3. The third-order valence-corrected chi connectivity index (χ3v) is 1.02. The minimum absolute atomic E-state index is 0.0408. The molecule has 0 saturated heterocycles. The van der Waals surface area contributed by atoms with Crippen LogP contribution in [0.3, 0.4) is 0 Å². The molecule has 0 fully saturated rings. The highest BCUT2D eigenvalue weighted by molar-refractivity contribution is 5.12. The van der Waals surface area contributed by atoms with Crippen LogP contribution in [0.1, 0.15) is 0 Å². The van der Waals surface area contributed by atoms with E-state index in [0.717, 1.165) is 12.3 Å². The fourth-order valence-corrected chi connectivity index (χ4v) is 0.596. The zero-order chi connectivity index (χ0) is 8.97. The topological polar surface area (TPSA) is 55.0 Å². The molecule has 4 nitrogen and oxygen atoms in total. The molecule has 0 spiro atoms. The first-order valence-electron chi connectivity index (χ1n) is 3.14. The molecule has 0 saturated carbocycles. The second-order valence-corrected chi connectivity index (χ2v) is 1.98. The van der Waals surface area contributed by atoms with Gasteiger partial charge in [0, 0.05) is 6.07 Å². The fraction of sp³-hybridized carbons (Fsp3) is 0.333. The molecular formula is C6H6F2N2O2.